The van der Waals surface area contributed by atoms with Gasteiger partial charge in [-0.15, -0.1) is 0 Å². The lowest BCUT2D eigenvalue weighted by molar-refractivity contribution is -0.120. The second-order valence-corrected chi connectivity index (χ2v) is 7.21. The van der Waals surface area contributed by atoms with Gasteiger partial charge < -0.3 is 19.5 Å². The molecular formula is C19H21FN4O4S. The normalized spacial score (nSPS) is 13.0. The maximum Gasteiger partial charge on any atom is 0.274 e. The minimum Gasteiger partial charge on any atom is -0.471 e. The number of nitrogens with zero attached hydrogens (tertiary/aromatic N) is 3. The summed E-state index contributed by atoms with van der Waals surface area (Å²) in [5.74, 6) is -0.281. The Morgan fingerprint density at radius 2 is 1.97 bits per heavy atom. The summed E-state index contributed by atoms with van der Waals surface area (Å²) < 4.78 is 31.6. The molecule has 0 aliphatic rings. The Morgan fingerprint density at radius 1 is 1.24 bits per heavy atom. The molecule has 0 aliphatic carbocycles. The summed E-state index contributed by atoms with van der Waals surface area (Å²) in [7, 11) is 0. The van der Waals surface area contributed by atoms with Crippen LogP contribution in [0.15, 0.2) is 24.5 Å². The molecule has 0 saturated heterocycles. The predicted molar refractivity (Wildman–Crippen MR) is 106 cm³/mol. The van der Waals surface area contributed by atoms with E-state index < -0.39 is 5.82 Å². The van der Waals surface area contributed by atoms with Crippen molar-refractivity contribution in [3.8, 4) is 22.7 Å². The molecule has 0 fully saturated rings. The number of nitrogens with one attached hydrogen (secondary N) is 1. The van der Waals surface area contributed by atoms with E-state index in [2.05, 4.69) is 20.3 Å². The zero-order valence-corrected chi connectivity index (χ0v) is 17.2. The maximum atomic E-state index is 14.7. The summed E-state index contributed by atoms with van der Waals surface area (Å²) in [4.78, 5) is 23.6. The highest BCUT2D eigenvalue weighted by atomic mass is 32.1. The third-order valence-corrected chi connectivity index (χ3v) is 4.95. The van der Waals surface area contributed by atoms with Crippen molar-refractivity contribution >= 4 is 27.5 Å². The molecule has 3 rings (SSSR count). The van der Waals surface area contributed by atoms with Crippen LogP contribution >= 0.6 is 11.3 Å². The van der Waals surface area contributed by atoms with E-state index in [1.54, 1.807) is 6.07 Å². The van der Waals surface area contributed by atoms with Gasteiger partial charge in [0.05, 0.1) is 35.3 Å². The number of rotatable bonds is 8. The molecule has 2 atom stereocenters. The molecule has 1 amide bonds. The van der Waals surface area contributed by atoms with Crippen molar-refractivity contribution < 1.29 is 23.4 Å². The summed E-state index contributed by atoms with van der Waals surface area (Å²) in [5.41, 5.74) is 0.500. The van der Waals surface area contributed by atoms with Crippen molar-refractivity contribution in [3.05, 3.63) is 30.3 Å². The molecule has 1 aromatic carbocycles. The van der Waals surface area contributed by atoms with E-state index in [-0.39, 0.29) is 35.6 Å². The van der Waals surface area contributed by atoms with Gasteiger partial charge in [-0.05, 0) is 32.9 Å². The number of carbonyl (C=O) groups is 1. The summed E-state index contributed by atoms with van der Waals surface area (Å²) >= 11 is 1.11. The van der Waals surface area contributed by atoms with E-state index in [0.717, 1.165) is 11.3 Å². The zero-order chi connectivity index (χ0) is 21.0. The number of benzene rings is 1. The fourth-order valence-electron chi connectivity index (χ4n) is 2.45. The van der Waals surface area contributed by atoms with Crippen LogP contribution in [0, 0.1) is 5.82 Å². The molecule has 8 nitrogen and oxygen atoms in total. The van der Waals surface area contributed by atoms with Gasteiger partial charge in [-0.2, -0.15) is 0 Å². The first-order chi connectivity index (χ1) is 13.9. The van der Waals surface area contributed by atoms with E-state index in [9.17, 15) is 9.18 Å². The topological polar surface area (TPSA) is 95.5 Å². The van der Waals surface area contributed by atoms with Crippen LogP contribution in [0.5, 0.6) is 22.7 Å². The number of halogens is 1. The summed E-state index contributed by atoms with van der Waals surface area (Å²) in [5, 5.41) is 3.15. The van der Waals surface area contributed by atoms with Gasteiger partial charge in [0.2, 0.25) is 17.7 Å². The molecule has 29 heavy (non-hydrogen) atoms. The SMILES string of the molecule is CCOc1nc2ccc(Oc3cnc(O[C@@H](C)[C@H](C)NC(C)=O)cn3)c(F)c2s1. The smallest absolute Gasteiger partial charge is 0.274 e. The Balaban J connectivity index is 1.69. The fourth-order valence-corrected chi connectivity index (χ4v) is 3.35. The number of amides is 1. The Hall–Kier alpha value is -3.01. The fraction of sp³-hybridized carbons (Fsp3) is 0.368. The summed E-state index contributed by atoms with van der Waals surface area (Å²) in [6, 6.07) is 2.94. The minimum atomic E-state index is -0.536. The Kier molecular flexibility index (Phi) is 6.42. The molecule has 0 aliphatic heterocycles. The van der Waals surface area contributed by atoms with Crippen molar-refractivity contribution in [3.63, 3.8) is 0 Å². The number of aromatic nitrogens is 3. The maximum absolute atomic E-state index is 14.7. The number of ether oxygens (including phenoxy) is 3. The predicted octanol–water partition coefficient (Wildman–Crippen LogP) is 3.71. The minimum absolute atomic E-state index is 0.0137. The van der Waals surface area contributed by atoms with Gasteiger partial charge in [-0.1, -0.05) is 11.3 Å². The molecule has 2 aromatic heterocycles. The monoisotopic (exact) mass is 420 g/mol. The number of hydrogen-bond acceptors (Lipinski definition) is 8. The van der Waals surface area contributed by atoms with Crippen molar-refractivity contribution in [2.45, 2.75) is 39.8 Å². The lowest BCUT2D eigenvalue weighted by atomic mass is 10.2. The number of thiazole rings is 1. The van der Waals surface area contributed by atoms with E-state index >= 15 is 0 Å². The van der Waals surface area contributed by atoms with Crippen LogP contribution in [0.1, 0.15) is 27.7 Å². The van der Waals surface area contributed by atoms with Crippen LogP contribution in [0.2, 0.25) is 0 Å². The number of fused-ring (bicyclic) bond motifs is 1. The molecule has 1 N–H and O–H groups in total. The van der Waals surface area contributed by atoms with Crippen molar-refractivity contribution in [2.75, 3.05) is 6.61 Å². The largest absolute Gasteiger partial charge is 0.471 e. The van der Waals surface area contributed by atoms with Gasteiger partial charge >= 0.3 is 0 Å². The molecule has 154 valence electrons. The van der Waals surface area contributed by atoms with Crippen LogP contribution in [0.3, 0.4) is 0 Å². The molecule has 0 spiro atoms. The number of hydrogen-bond donors (Lipinski definition) is 1. The van der Waals surface area contributed by atoms with Gasteiger partial charge in [0.25, 0.3) is 5.19 Å². The van der Waals surface area contributed by atoms with Gasteiger partial charge in [-0.3, -0.25) is 4.79 Å². The average Bonchev–Trinajstić information content (AvgIpc) is 3.09. The molecular weight excluding hydrogens is 399 g/mol. The molecule has 0 bridgehead atoms. The first kappa shape index (κ1) is 20.7. The molecule has 0 saturated carbocycles. The van der Waals surface area contributed by atoms with Gasteiger partial charge in [0.1, 0.15) is 6.10 Å². The van der Waals surface area contributed by atoms with Crippen molar-refractivity contribution in [2.24, 2.45) is 0 Å². The van der Waals surface area contributed by atoms with Crippen LogP contribution in [0.25, 0.3) is 10.2 Å². The van der Waals surface area contributed by atoms with E-state index in [1.807, 2.05) is 20.8 Å². The lowest BCUT2D eigenvalue weighted by Gasteiger charge is -2.21. The first-order valence-electron chi connectivity index (χ1n) is 9.02. The quantitative estimate of drug-likeness (QED) is 0.593. The van der Waals surface area contributed by atoms with E-state index in [1.165, 1.54) is 25.4 Å². The highest BCUT2D eigenvalue weighted by Crippen LogP contribution is 2.35. The van der Waals surface area contributed by atoms with Crippen LogP contribution in [-0.2, 0) is 4.79 Å². The molecule has 2 heterocycles. The number of carbonyl (C=O) groups excluding carboxylic acids is 1. The van der Waals surface area contributed by atoms with Crippen LogP contribution in [0.4, 0.5) is 4.39 Å². The summed E-state index contributed by atoms with van der Waals surface area (Å²) in [6.45, 7) is 7.37. The lowest BCUT2D eigenvalue weighted by Crippen LogP contribution is -2.41. The molecule has 10 heteroatoms. The molecule has 0 radical (unpaired) electrons. The molecule has 3 aromatic rings. The Labute approximate surface area is 171 Å². The van der Waals surface area contributed by atoms with Gasteiger partial charge in [-0.25, -0.2) is 19.3 Å². The van der Waals surface area contributed by atoms with Crippen LogP contribution < -0.4 is 19.5 Å². The second-order valence-electron chi connectivity index (χ2n) is 6.25. The van der Waals surface area contributed by atoms with Crippen molar-refractivity contribution in [1.82, 2.24) is 20.3 Å². The van der Waals surface area contributed by atoms with Gasteiger partial charge in [0, 0.05) is 6.92 Å². The third-order valence-electron chi connectivity index (χ3n) is 3.97. The first-order valence-corrected chi connectivity index (χ1v) is 9.84. The standard InChI is InChI=1S/C19H21FN4O4S/c1-5-26-19-24-13-6-7-14(17(20)18(13)29-19)28-16-9-21-15(8-22-16)27-11(3)10(2)23-12(4)25/h6-11H,5H2,1-4H3,(H,23,25)/t10-,11-/m0/s1. The molecule has 0 unspecified atom stereocenters. The van der Waals surface area contributed by atoms with Crippen molar-refractivity contribution in [1.29, 1.82) is 0 Å². The highest BCUT2D eigenvalue weighted by Gasteiger charge is 2.17. The van der Waals surface area contributed by atoms with Gasteiger partial charge in [0.15, 0.2) is 11.6 Å². The second kappa shape index (κ2) is 8.99. The van der Waals surface area contributed by atoms with E-state index in [4.69, 9.17) is 14.2 Å². The van der Waals surface area contributed by atoms with E-state index in [0.29, 0.717) is 22.0 Å². The average molecular weight is 420 g/mol. The Bertz CT molecular complexity index is 996. The highest BCUT2D eigenvalue weighted by molar-refractivity contribution is 7.20. The Morgan fingerprint density at radius 3 is 2.62 bits per heavy atom. The third kappa shape index (κ3) is 5.08. The van der Waals surface area contributed by atoms with Crippen LogP contribution in [-0.4, -0.2) is 39.6 Å². The zero-order valence-electron chi connectivity index (χ0n) is 16.4. The summed E-state index contributed by atoms with van der Waals surface area (Å²) in [6.07, 6.45) is 2.40.